The number of nitrogens with one attached hydrogen (secondary N) is 2. The number of rotatable bonds is 4. The molecular weight excluding hydrogens is 326 g/mol. The zero-order chi connectivity index (χ0) is 18.0. The van der Waals surface area contributed by atoms with Gasteiger partial charge in [-0.25, -0.2) is 14.8 Å². The molecule has 1 saturated heterocycles. The molecule has 3 N–H and O–H groups in total. The van der Waals surface area contributed by atoms with Gasteiger partial charge in [0.1, 0.15) is 11.4 Å². The Morgan fingerprint density at radius 2 is 2.16 bits per heavy atom. The van der Waals surface area contributed by atoms with Gasteiger partial charge in [-0.1, -0.05) is 0 Å². The molecule has 1 amide bonds. The normalized spacial score (nSPS) is 17.0. The highest BCUT2D eigenvalue weighted by Crippen LogP contribution is 2.23. The Bertz CT molecular complexity index is 936. The van der Waals surface area contributed by atoms with E-state index in [2.05, 4.69) is 25.6 Å². The maximum absolute atomic E-state index is 11.6. The van der Waals surface area contributed by atoms with Crippen molar-refractivity contribution in [1.82, 2.24) is 20.6 Å². The third-order valence-corrected chi connectivity index (χ3v) is 3.37. The molecule has 0 unspecified atom stereocenters. The molecule has 1 fully saturated rings. The van der Waals surface area contributed by atoms with Gasteiger partial charge in [0, 0.05) is 5.39 Å². The van der Waals surface area contributed by atoms with Crippen LogP contribution in [-0.2, 0) is 9.59 Å². The van der Waals surface area contributed by atoms with Crippen LogP contribution in [0.25, 0.3) is 10.9 Å². The molecule has 2 aromatic rings. The predicted molar refractivity (Wildman–Crippen MR) is 89.5 cm³/mol. The van der Waals surface area contributed by atoms with Gasteiger partial charge in [-0.15, -0.1) is 0 Å². The number of hydrogen-bond acceptors (Lipinski definition) is 6. The average molecular weight is 341 g/mol. The third kappa shape index (κ3) is 3.55. The van der Waals surface area contributed by atoms with Crippen LogP contribution in [0.2, 0.25) is 0 Å². The first kappa shape index (κ1) is 16.4. The zero-order valence-corrected chi connectivity index (χ0v) is 13.5. The van der Waals surface area contributed by atoms with E-state index in [1.165, 1.54) is 0 Å². The number of aliphatic carboxylic acids is 1. The highest BCUT2D eigenvalue weighted by molar-refractivity contribution is 6.15. The highest BCUT2D eigenvalue weighted by atomic mass is 16.5. The fourth-order valence-electron chi connectivity index (χ4n) is 2.32. The van der Waals surface area contributed by atoms with Crippen LogP contribution in [0.4, 0.5) is 5.95 Å². The molecule has 0 saturated carbocycles. The van der Waals surface area contributed by atoms with Crippen LogP contribution in [0.1, 0.15) is 12.6 Å². The minimum absolute atomic E-state index is 0.0715. The van der Waals surface area contributed by atoms with E-state index in [1.54, 1.807) is 12.1 Å². The van der Waals surface area contributed by atoms with Crippen molar-refractivity contribution in [1.29, 1.82) is 0 Å². The molecule has 9 heteroatoms. The summed E-state index contributed by atoms with van der Waals surface area (Å²) in [7, 11) is 0. The molecule has 1 aliphatic rings. The van der Waals surface area contributed by atoms with Gasteiger partial charge in [-0.05, 0) is 32.0 Å². The molecule has 0 aliphatic carbocycles. The lowest BCUT2D eigenvalue weighted by Crippen LogP contribution is -2.24. The summed E-state index contributed by atoms with van der Waals surface area (Å²) in [5, 5.41) is 14.6. The topological polar surface area (TPSA) is 126 Å². The molecule has 25 heavy (non-hydrogen) atoms. The van der Waals surface area contributed by atoms with E-state index in [4.69, 9.17) is 9.84 Å². The number of guanidine groups is 1. The molecule has 1 aliphatic heterocycles. The van der Waals surface area contributed by atoms with Crippen LogP contribution < -0.4 is 15.4 Å². The second kappa shape index (κ2) is 6.56. The lowest BCUT2D eigenvalue weighted by molar-refractivity contribution is -0.131. The number of amides is 1. The minimum atomic E-state index is -1.23. The number of carbonyl (C=O) groups excluding carboxylic acids is 1. The number of aliphatic imine (C=N–C) groups is 1. The number of benzene rings is 1. The summed E-state index contributed by atoms with van der Waals surface area (Å²) in [4.78, 5) is 35.1. The Kier molecular flexibility index (Phi) is 4.29. The summed E-state index contributed by atoms with van der Waals surface area (Å²) in [6, 6.07) is 5.46. The second-order valence-corrected chi connectivity index (χ2v) is 5.16. The minimum Gasteiger partial charge on any atom is -0.494 e. The van der Waals surface area contributed by atoms with Gasteiger partial charge in [0.2, 0.25) is 5.96 Å². The molecule has 0 spiro atoms. The van der Waals surface area contributed by atoms with Crippen molar-refractivity contribution in [2.45, 2.75) is 13.8 Å². The van der Waals surface area contributed by atoms with Gasteiger partial charge < -0.3 is 15.2 Å². The summed E-state index contributed by atoms with van der Waals surface area (Å²) in [6.45, 7) is 4.29. The van der Waals surface area contributed by atoms with Crippen molar-refractivity contribution in [3.05, 3.63) is 35.7 Å². The van der Waals surface area contributed by atoms with Crippen LogP contribution in [0, 0.1) is 6.92 Å². The number of carbonyl (C=O) groups is 2. The lowest BCUT2D eigenvalue weighted by Gasteiger charge is -2.07. The first-order valence-electron chi connectivity index (χ1n) is 7.49. The fraction of sp³-hybridized carbons (Fsp3) is 0.188. The maximum Gasteiger partial charge on any atom is 0.330 e. The Morgan fingerprint density at radius 3 is 2.88 bits per heavy atom. The van der Waals surface area contributed by atoms with E-state index < -0.39 is 11.9 Å². The van der Waals surface area contributed by atoms with Crippen molar-refractivity contribution in [2.75, 3.05) is 6.61 Å². The number of fused-ring (bicyclic) bond motifs is 1. The van der Waals surface area contributed by atoms with Gasteiger partial charge in [0.15, 0.2) is 0 Å². The molecule has 1 aromatic carbocycles. The number of nitrogens with zero attached hydrogens (tertiary/aromatic N) is 3. The maximum atomic E-state index is 11.6. The number of aryl methyl sites for hydroxylation is 1. The first-order valence-corrected chi connectivity index (χ1v) is 7.49. The summed E-state index contributed by atoms with van der Waals surface area (Å²) >= 11 is 0. The fourth-order valence-corrected chi connectivity index (χ4v) is 2.32. The van der Waals surface area contributed by atoms with E-state index in [0.29, 0.717) is 17.8 Å². The quantitative estimate of drug-likeness (QED) is 0.709. The number of carboxylic acids is 1. The van der Waals surface area contributed by atoms with Crippen molar-refractivity contribution < 1.29 is 19.4 Å². The lowest BCUT2D eigenvalue weighted by atomic mass is 10.2. The highest BCUT2D eigenvalue weighted by Gasteiger charge is 2.23. The molecule has 128 valence electrons. The number of carboxylic acid groups (broad SMARTS) is 1. The van der Waals surface area contributed by atoms with Crippen LogP contribution >= 0.6 is 0 Å². The zero-order valence-electron chi connectivity index (χ0n) is 13.5. The molecule has 2 heterocycles. The van der Waals surface area contributed by atoms with Crippen molar-refractivity contribution in [3.8, 4) is 5.75 Å². The van der Waals surface area contributed by atoms with E-state index in [0.717, 1.165) is 17.2 Å². The van der Waals surface area contributed by atoms with E-state index >= 15 is 0 Å². The van der Waals surface area contributed by atoms with Gasteiger partial charge in [0.25, 0.3) is 11.9 Å². The molecular formula is C16H15N5O4. The summed E-state index contributed by atoms with van der Waals surface area (Å²) < 4.78 is 5.47. The predicted octanol–water partition coefficient (Wildman–Crippen LogP) is 1.01. The van der Waals surface area contributed by atoms with Gasteiger partial charge in [0.05, 0.1) is 23.9 Å². The summed E-state index contributed by atoms with van der Waals surface area (Å²) in [6.07, 6.45) is 0.764. The van der Waals surface area contributed by atoms with Crippen molar-refractivity contribution in [2.24, 2.45) is 4.99 Å². The van der Waals surface area contributed by atoms with Crippen LogP contribution in [0.5, 0.6) is 5.75 Å². The number of hydrogen-bond donors (Lipinski definition) is 3. The Balaban J connectivity index is 1.93. The van der Waals surface area contributed by atoms with Crippen LogP contribution in [0.15, 0.2) is 35.0 Å². The monoisotopic (exact) mass is 341 g/mol. The molecule has 1 aromatic heterocycles. The standard InChI is InChI=1S/C16H15N5O4/c1-3-25-9-4-5-11-10(6-9)8(2)17-15(18-11)21-16-19-12(7-13(22)23)14(24)20-16/h4-7H,3H2,1-2H3,(H,22,23)(H2,17,18,19,20,21,24). The van der Waals surface area contributed by atoms with Gasteiger partial charge >= 0.3 is 5.97 Å². The van der Waals surface area contributed by atoms with Gasteiger partial charge in [-0.2, -0.15) is 4.99 Å². The summed E-state index contributed by atoms with van der Waals surface area (Å²) in [5.74, 6) is -0.869. The largest absolute Gasteiger partial charge is 0.494 e. The number of ether oxygens (including phenoxy) is 1. The molecule has 0 bridgehead atoms. The van der Waals surface area contributed by atoms with Gasteiger partial charge in [-0.3, -0.25) is 10.1 Å². The molecule has 3 rings (SSSR count). The smallest absolute Gasteiger partial charge is 0.330 e. The average Bonchev–Trinajstić information content (AvgIpc) is 2.87. The third-order valence-electron chi connectivity index (χ3n) is 3.37. The Morgan fingerprint density at radius 1 is 1.36 bits per heavy atom. The van der Waals surface area contributed by atoms with E-state index in [1.807, 2.05) is 19.9 Å². The van der Waals surface area contributed by atoms with E-state index in [9.17, 15) is 9.59 Å². The Labute approximate surface area is 142 Å². The number of aromatic nitrogens is 2. The Hall–Kier alpha value is -3.49. The SMILES string of the molecule is CCOc1ccc2nc(N=C3NC(=O)C(=CC(=O)O)N3)nc(C)c2c1. The second-order valence-electron chi connectivity index (χ2n) is 5.16. The molecule has 0 radical (unpaired) electrons. The molecule has 0 atom stereocenters. The van der Waals surface area contributed by atoms with Crippen molar-refractivity contribution >= 4 is 34.7 Å². The summed E-state index contributed by atoms with van der Waals surface area (Å²) in [5.41, 5.74) is 1.28. The molecule has 9 nitrogen and oxygen atoms in total. The van der Waals surface area contributed by atoms with Crippen LogP contribution in [0.3, 0.4) is 0 Å². The van der Waals surface area contributed by atoms with Crippen molar-refractivity contribution in [3.63, 3.8) is 0 Å². The first-order chi connectivity index (χ1) is 12.0. The van der Waals surface area contributed by atoms with E-state index in [-0.39, 0.29) is 17.6 Å². The van der Waals surface area contributed by atoms with Crippen LogP contribution in [-0.4, -0.2) is 39.5 Å².